The van der Waals surface area contributed by atoms with E-state index < -0.39 is 0 Å². The summed E-state index contributed by atoms with van der Waals surface area (Å²) >= 11 is 0. The molecule has 1 aliphatic rings. The number of hydrogen-bond donors (Lipinski definition) is 1. The van der Waals surface area contributed by atoms with Gasteiger partial charge in [0.1, 0.15) is 0 Å². The first-order chi connectivity index (χ1) is 5.77. The van der Waals surface area contributed by atoms with Crippen LogP contribution in [0.2, 0.25) is 0 Å². The summed E-state index contributed by atoms with van der Waals surface area (Å²) < 4.78 is 0. The molecule has 0 radical (unpaired) electrons. The lowest BCUT2D eigenvalue weighted by Gasteiger charge is -2.05. The Kier molecular flexibility index (Phi) is 8.19. The van der Waals surface area contributed by atoms with Crippen molar-refractivity contribution in [3.05, 3.63) is 0 Å². The van der Waals surface area contributed by atoms with Crippen molar-refractivity contribution in [2.24, 2.45) is 5.73 Å². The highest BCUT2D eigenvalue weighted by Crippen LogP contribution is 2.15. The molecule has 0 atom stereocenters. The predicted octanol–water partition coefficient (Wildman–Crippen LogP) is 2.61. The summed E-state index contributed by atoms with van der Waals surface area (Å²) in [6.45, 7) is 1.92. The molecule has 1 amide bonds. The van der Waals surface area contributed by atoms with Gasteiger partial charge in [-0.25, -0.2) is 0 Å². The Morgan fingerprint density at radius 3 is 1.50 bits per heavy atom. The van der Waals surface area contributed by atoms with E-state index in [1.807, 2.05) is 6.92 Å². The Balaban J connectivity index is 0.000000202. The SMILES string of the molecule is C1CCCCC1.CCCC(N)=O. The lowest BCUT2D eigenvalue weighted by Crippen LogP contribution is -2.08. The standard InChI is InChI=1S/C6H12.C4H9NO/c1-2-4-6-5-3-1;1-2-3-4(5)6/h1-6H2;2-3H2,1H3,(H2,5,6). The van der Waals surface area contributed by atoms with Crippen LogP contribution in [0.4, 0.5) is 0 Å². The molecule has 1 fully saturated rings. The molecule has 0 aromatic heterocycles. The third-order valence-electron chi connectivity index (χ3n) is 2.00. The van der Waals surface area contributed by atoms with Crippen molar-refractivity contribution in [1.82, 2.24) is 0 Å². The van der Waals surface area contributed by atoms with E-state index in [9.17, 15) is 4.79 Å². The fourth-order valence-corrected chi connectivity index (χ4v) is 1.31. The molecule has 0 aromatic carbocycles. The molecule has 72 valence electrons. The number of amides is 1. The van der Waals surface area contributed by atoms with Gasteiger partial charge in [0.05, 0.1) is 0 Å². The molecule has 2 N–H and O–H groups in total. The van der Waals surface area contributed by atoms with Crippen LogP contribution >= 0.6 is 0 Å². The van der Waals surface area contributed by atoms with Crippen molar-refractivity contribution in [1.29, 1.82) is 0 Å². The van der Waals surface area contributed by atoms with Crippen LogP contribution in [-0.4, -0.2) is 5.91 Å². The normalized spacial score (nSPS) is 16.1. The van der Waals surface area contributed by atoms with E-state index in [4.69, 9.17) is 5.73 Å². The van der Waals surface area contributed by atoms with Crippen molar-refractivity contribution in [3.8, 4) is 0 Å². The smallest absolute Gasteiger partial charge is 0.217 e. The van der Waals surface area contributed by atoms with Gasteiger partial charge < -0.3 is 5.73 Å². The van der Waals surface area contributed by atoms with E-state index in [0.717, 1.165) is 6.42 Å². The maximum Gasteiger partial charge on any atom is 0.217 e. The van der Waals surface area contributed by atoms with E-state index >= 15 is 0 Å². The first kappa shape index (κ1) is 11.5. The van der Waals surface area contributed by atoms with Crippen LogP contribution in [-0.2, 0) is 4.79 Å². The van der Waals surface area contributed by atoms with Crippen LogP contribution in [0.1, 0.15) is 58.3 Å². The highest BCUT2D eigenvalue weighted by atomic mass is 16.1. The van der Waals surface area contributed by atoms with E-state index in [0.29, 0.717) is 6.42 Å². The van der Waals surface area contributed by atoms with E-state index in [1.165, 1.54) is 38.5 Å². The van der Waals surface area contributed by atoms with Gasteiger partial charge in [0.15, 0.2) is 0 Å². The van der Waals surface area contributed by atoms with E-state index in [1.54, 1.807) is 0 Å². The van der Waals surface area contributed by atoms with Crippen molar-refractivity contribution in [2.45, 2.75) is 58.3 Å². The monoisotopic (exact) mass is 171 g/mol. The third-order valence-corrected chi connectivity index (χ3v) is 2.00. The highest BCUT2D eigenvalue weighted by Gasteiger charge is 1.95. The second-order valence-corrected chi connectivity index (χ2v) is 3.34. The molecule has 12 heavy (non-hydrogen) atoms. The van der Waals surface area contributed by atoms with Gasteiger partial charge >= 0.3 is 0 Å². The van der Waals surface area contributed by atoms with Crippen LogP contribution in [0, 0.1) is 0 Å². The Labute approximate surface area is 75.5 Å². The van der Waals surface area contributed by atoms with Gasteiger partial charge in [0.2, 0.25) is 5.91 Å². The minimum absolute atomic E-state index is 0.211. The number of nitrogens with two attached hydrogens (primary N) is 1. The summed E-state index contributed by atoms with van der Waals surface area (Å²) in [5, 5.41) is 0. The van der Waals surface area contributed by atoms with Gasteiger partial charge in [-0.15, -0.1) is 0 Å². The first-order valence-corrected chi connectivity index (χ1v) is 5.05. The van der Waals surface area contributed by atoms with Gasteiger partial charge in [0.25, 0.3) is 0 Å². The van der Waals surface area contributed by atoms with Gasteiger partial charge in [-0.3, -0.25) is 4.79 Å². The molecule has 1 aliphatic carbocycles. The number of rotatable bonds is 2. The topological polar surface area (TPSA) is 43.1 Å². The maximum absolute atomic E-state index is 9.82. The zero-order chi connectivity index (χ0) is 9.23. The molecule has 0 aliphatic heterocycles. The molecular formula is C10H21NO. The molecule has 2 heteroatoms. The van der Waals surface area contributed by atoms with Crippen LogP contribution in [0.25, 0.3) is 0 Å². The Morgan fingerprint density at radius 2 is 1.42 bits per heavy atom. The molecule has 0 bridgehead atoms. The van der Waals surface area contributed by atoms with Crippen LogP contribution in [0.15, 0.2) is 0 Å². The fraction of sp³-hybridized carbons (Fsp3) is 0.900. The second-order valence-electron chi connectivity index (χ2n) is 3.34. The van der Waals surface area contributed by atoms with Gasteiger partial charge in [0, 0.05) is 6.42 Å². The molecule has 0 saturated heterocycles. The maximum atomic E-state index is 9.82. The molecule has 1 rings (SSSR count). The van der Waals surface area contributed by atoms with E-state index in [-0.39, 0.29) is 5.91 Å². The van der Waals surface area contributed by atoms with Crippen LogP contribution in [0.5, 0.6) is 0 Å². The van der Waals surface area contributed by atoms with Crippen LogP contribution in [0.3, 0.4) is 0 Å². The average Bonchev–Trinajstić information content (AvgIpc) is 2.08. The number of carbonyl (C=O) groups is 1. The van der Waals surface area contributed by atoms with E-state index in [2.05, 4.69) is 0 Å². The molecule has 2 nitrogen and oxygen atoms in total. The van der Waals surface area contributed by atoms with Crippen molar-refractivity contribution in [3.63, 3.8) is 0 Å². The molecule has 0 spiro atoms. The third kappa shape index (κ3) is 9.47. The molecule has 0 aromatic rings. The molecule has 0 heterocycles. The Bertz CT molecular complexity index is 96.9. The van der Waals surface area contributed by atoms with Gasteiger partial charge in [-0.05, 0) is 6.42 Å². The van der Waals surface area contributed by atoms with Crippen molar-refractivity contribution >= 4 is 5.91 Å². The minimum atomic E-state index is -0.211. The van der Waals surface area contributed by atoms with Crippen LogP contribution < -0.4 is 5.73 Å². The zero-order valence-electron chi connectivity index (χ0n) is 8.14. The van der Waals surface area contributed by atoms with Crippen molar-refractivity contribution in [2.75, 3.05) is 0 Å². The summed E-state index contributed by atoms with van der Waals surface area (Å²) in [6.07, 6.45) is 10.4. The highest BCUT2D eigenvalue weighted by molar-refractivity contribution is 5.73. The Hall–Kier alpha value is -0.530. The molecular weight excluding hydrogens is 150 g/mol. The minimum Gasteiger partial charge on any atom is -0.370 e. The molecule has 0 unspecified atom stereocenters. The lowest BCUT2D eigenvalue weighted by molar-refractivity contribution is -0.118. The summed E-state index contributed by atoms with van der Waals surface area (Å²) in [5.74, 6) is -0.211. The summed E-state index contributed by atoms with van der Waals surface area (Å²) in [6, 6.07) is 0. The predicted molar refractivity (Wildman–Crippen MR) is 51.8 cm³/mol. The quantitative estimate of drug-likeness (QED) is 0.682. The summed E-state index contributed by atoms with van der Waals surface area (Å²) in [7, 11) is 0. The largest absolute Gasteiger partial charge is 0.370 e. The second kappa shape index (κ2) is 8.57. The number of carbonyl (C=O) groups excluding carboxylic acids is 1. The molecule has 1 saturated carbocycles. The zero-order valence-corrected chi connectivity index (χ0v) is 8.14. The first-order valence-electron chi connectivity index (χ1n) is 5.05. The fourth-order valence-electron chi connectivity index (χ4n) is 1.31. The van der Waals surface area contributed by atoms with Gasteiger partial charge in [-0.2, -0.15) is 0 Å². The van der Waals surface area contributed by atoms with Crippen molar-refractivity contribution < 1.29 is 4.79 Å². The van der Waals surface area contributed by atoms with Gasteiger partial charge in [-0.1, -0.05) is 45.4 Å². The lowest BCUT2D eigenvalue weighted by atomic mass is 10.0. The summed E-state index contributed by atoms with van der Waals surface area (Å²) in [5.41, 5.74) is 4.76. The summed E-state index contributed by atoms with van der Waals surface area (Å²) in [4.78, 5) is 9.82. The Morgan fingerprint density at radius 1 is 1.08 bits per heavy atom. The average molecular weight is 171 g/mol. The number of primary amides is 1. The number of hydrogen-bond acceptors (Lipinski definition) is 1.